The molecule has 0 spiro atoms. The highest BCUT2D eigenvalue weighted by Gasteiger charge is 2.39. The summed E-state index contributed by atoms with van der Waals surface area (Å²) in [6.45, 7) is 3.17. The van der Waals surface area contributed by atoms with Crippen molar-refractivity contribution in [2.45, 2.75) is 82.4 Å². The second-order valence-electron chi connectivity index (χ2n) is 9.35. The minimum Gasteiger partial charge on any atom is -0.484 e. The monoisotopic (exact) mass is 415 g/mol. The summed E-state index contributed by atoms with van der Waals surface area (Å²) in [5.41, 5.74) is 1.21. The molecule has 1 amide bonds. The fourth-order valence-corrected chi connectivity index (χ4v) is 6.79. The second-order valence-corrected chi connectivity index (χ2v) is 10.7. The third-order valence-electron chi connectivity index (χ3n) is 7.08. The van der Waals surface area contributed by atoms with Crippen LogP contribution in [-0.4, -0.2) is 41.0 Å². The molecule has 2 unspecified atom stereocenters. The zero-order valence-corrected chi connectivity index (χ0v) is 18.8. The second kappa shape index (κ2) is 10.2. The van der Waals surface area contributed by atoms with Crippen LogP contribution in [0.4, 0.5) is 0 Å². The molecule has 3 nitrogen and oxygen atoms in total. The maximum absolute atomic E-state index is 13.0. The smallest absolute Gasteiger partial charge is 0.260 e. The molecule has 2 atom stereocenters. The van der Waals surface area contributed by atoms with E-state index in [0.717, 1.165) is 24.1 Å². The van der Waals surface area contributed by atoms with E-state index in [1.54, 1.807) is 0 Å². The Morgan fingerprint density at radius 3 is 2.38 bits per heavy atom. The van der Waals surface area contributed by atoms with E-state index >= 15 is 0 Å². The number of thioether (sulfide) groups is 1. The Balaban J connectivity index is 1.34. The molecule has 2 aliphatic carbocycles. The van der Waals surface area contributed by atoms with E-state index in [1.165, 1.54) is 75.5 Å². The normalized spacial score (nSPS) is 26.0. The van der Waals surface area contributed by atoms with Crippen molar-refractivity contribution in [3.05, 3.63) is 29.8 Å². The SMILES string of the molecule is Cc1ccc(OCC(=O)N(CC2SCCC2C2CCCCCCC2)C2CC2)cc1. The van der Waals surface area contributed by atoms with Gasteiger partial charge in [-0.1, -0.05) is 62.6 Å². The van der Waals surface area contributed by atoms with Crippen LogP contribution in [0.2, 0.25) is 0 Å². The van der Waals surface area contributed by atoms with Gasteiger partial charge in [0.25, 0.3) is 5.91 Å². The lowest BCUT2D eigenvalue weighted by atomic mass is 9.79. The van der Waals surface area contributed by atoms with Crippen molar-refractivity contribution in [2.24, 2.45) is 11.8 Å². The van der Waals surface area contributed by atoms with E-state index in [0.29, 0.717) is 11.3 Å². The van der Waals surface area contributed by atoms with Crippen LogP contribution in [-0.2, 0) is 4.79 Å². The molecule has 0 N–H and O–H groups in total. The summed E-state index contributed by atoms with van der Waals surface area (Å²) in [4.78, 5) is 15.2. The number of aryl methyl sites for hydroxylation is 1. The van der Waals surface area contributed by atoms with Crippen LogP contribution in [0.25, 0.3) is 0 Å². The topological polar surface area (TPSA) is 29.5 Å². The molecule has 29 heavy (non-hydrogen) atoms. The zero-order valence-electron chi connectivity index (χ0n) is 18.0. The molecule has 160 valence electrons. The third-order valence-corrected chi connectivity index (χ3v) is 8.48. The molecule has 1 aromatic carbocycles. The van der Waals surface area contributed by atoms with Crippen molar-refractivity contribution < 1.29 is 9.53 Å². The predicted molar refractivity (Wildman–Crippen MR) is 122 cm³/mol. The van der Waals surface area contributed by atoms with Gasteiger partial charge in [-0.2, -0.15) is 11.8 Å². The molecule has 2 saturated carbocycles. The minimum atomic E-state index is 0.172. The molecule has 0 aromatic heterocycles. The van der Waals surface area contributed by atoms with E-state index in [9.17, 15) is 4.79 Å². The Kier molecular flexibility index (Phi) is 7.44. The first-order chi connectivity index (χ1) is 14.2. The van der Waals surface area contributed by atoms with E-state index in [2.05, 4.69) is 23.6 Å². The molecule has 3 fully saturated rings. The van der Waals surface area contributed by atoms with Gasteiger partial charge in [0.15, 0.2) is 6.61 Å². The maximum atomic E-state index is 13.0. The van der Waals surface area contributed by atoms with Crippen molar-refractivity contribution >= 4 is 17.7 Å². The quantitative estimate of drug-likeness (QED) is 0.560. The van der Waals surface area contributed by atoms with Crippen LogP contribution >= 0.6 is 11.8 Å². The summed E-state index contributed by atoms with van der Waals surface area (Å²) >= 11 is 2.13. The Labute approximate surface area is 181 Å². The average Bonchev–Trinajstić information content (AvgIpc) is 3.44. The lowest BCUT2D eigenvalue weighted by molar-refractivity contribution is -0.134. The van der Waals surface area contributed by atoms with Gasteiger partial charge in [0.05, 0.1) is 0 Å². The van der Waals surface area contributed by atoms with E-state index in [1.807, 2.05) is 24.3 Å². The molecular formula is C25H37NO2S. The molecule has 0 bridgehead atoms. The standard InChI is InChI=1S/C25H37NO2S/c1-19-9-13-22(14-10-19)28-18-25(27)26(21-11-12-21)17-24-23(15-16-29-24)20-7-5-3-2-4-6-8-20/h9-10,13-14,20-21,23-24H,2-8,11-12,15-18H2,1H3. The highest BCUT2D eigenvalue weighted by molar-refractivity contribution is 8.00. The molecule has 1 saturated heterocycles. The van der Waals surface area contributed by atoms with E-state index < -0.39 is 0 Å². The summed E-state index contributed by atoms with van der Waals surface area (Å²) in [7, 11) is 0. The summed E-state index contributed by atoms with van der Waals surface area (Å²) in [6, 6.07) is 8.45. The zero-order chi connectivity index (χ0) is 20.1. The van der Waals surface area contributed by atoms with Gasteiger partial charge in [-0.15, -0.1) is 0 Å². The molecule has 1 aliphatic heterocycles. The van der Waals surface area contributed by atoms with Crippen molar-refractivity contribution in [2.75, 3.05) is 18.9 Å². The summed E-state index contributed by atoms with van der Waals surface area (Å²) in [5, 5.41) is 0.628. The lowest BCUT2D eigenvalue weighted by Gasteiger charge is -2.33. The Bertz CT molecular complexity index is 649. The van der Waals surface area contributed by atoms with E-state index in [4.69, 9.17) is 4.74 Å². The largest absolute Gasteiger partial charge is 0.484 e. The van der Waals surface area contributed by atoms with Crippen LogP contribution in [0.15, 0.2) is 24.3 Å². The third kappa shape index (κ3) is 5.93. The number of hydrogen-bond donors (Lipinski definition) is 0. The Hall–Kier alpha value is -1.16. The first-order valence-corrected chi connectivity index (χ1v) is 12.9. The highest BCUT2D eigenvalue weighted by atomic mass is 32.2. The molecule has 0 radical (unpaired) electrons. The van der Waals surface area contributed by atoms with Gasteiger partial charge >= 0.3 is 0 Å². The number of benzene rings is 1. The highest BCUT2D eigenvalue weighted by Crippen LogP contribution is 2.43. The van der Waals surface area contributed by atoms with Crippen LogP contribution in [0.5, 0.6) is 5.75 Å². The number of ether oxygens (including phenoxy) is 1. The number of carbonyl (C=O) groups is 1. The number of amides is 1. The molecule has 1 heterocycles. The molecule has 3 aliphatic rings. The summed E-state index contributed by atoms with van der Waals surface area (Å²) < 4.78 is 5.82. The predicted octanol–water partition coefficient (Wildman–Crippen LogP) is 5.85. The Morgan fingerprint density at radius 1 is 1.00 bits per heavy atom. The van der Waals surface area contributed by atoms with Crippen molar-refractivity contribution in [3.8, 4) is 5.75 Å². The van der Waals surface area contributed by atoms with Gasteiger partial charge in [-0.25, -0.2) is 0 Å². The number of nitrogens with zero attached hydrogens (tertiary/aromatic N) is 1. The van der Waals surface area contributed by atoms with Crippen LogP contribution < -0.4 is 4.74 Å². The van der Waals surface area contributed by atoms with Crippen molar-refractivity contribution in [1.29, 1.82) is 0 Å². The first kappa shape index (κ1) is 21.1. The minimum absolute atomic E-state index is 0.172. The lowest BCUT2D eigenvalue weighted by Crippen LogP contribution is -2.43. The van der Waals surface area contributed by atoms with Crippen LogP contribution in [0.1, 0.15) is 69.8 Å². The Morgan fingerprint density at radius 2 is 1.69 bits per heavy atom. The van der Waals surface area contributed by atoms with Gasteiger partial charge in [-0.3, -0.25) is 4.79 Å². The fourth-order valence-electron chi connectivity index (χ4n) is 5.21. The van der Waals surface area contributed by atoms with Gasteiger partial charge < -0.3 is 9.64 Å². The van der Waals surface area contributed by atoms with Crippen LogP contribution in [0, 0.1) is 18.8 Å². The molecular weight excluding hydrogens is 378 g/mol. The van der Waals surface area contributed by atoms with Gasteiger partial charge in [0.2, 0.25) is 0 Å². The van der Waals surface area contributed by atoms with Gasteiger partial charge in [0.1, 0.15) is 5.75 Å². The van der Waals surface area contributed by atoms with Crippen molar-refractivity contribution in [3.63, 3.8) is 0 Å². The summed E-state index contributed by atoms with van der Waals surface area (Å²) in [6.07, 6.45) is 13.6. The molecule has 4 rings (SSSR count). The fraction of sp³-hybridized carbons (Fsp3) is 0.720. The van der Waals surface area contributed by atoms with E-state index in [-0.39, 0.29) is 12.5 Å². The molecule has 1 aromatic rings. The summed E-state index contributed by atoms with van der Waals surface area (Å²) in [5.74, 6) is 3.94. The molecule has 4 heteroatoms. The van der Waals surface area contributed by atoms with Crippen LogP contribution in [0.3, 0.4) is 0 Å². The number of rotatable bonds is 7. The van der Waals surface area contributed by atoms with Crippen molar-refractivity contribution in [1.82, 2.24) is 4.90 Å². The number of carbonyl (C=O) groups excluding carboxylic acids is 1. The van der Waals surface area contributed by atoms with Gasteiger partial charge in [0, 0.05) is 17.8 Å². The van der Waals surface area contributed by atoms with Gasteiger partial charge in [-0.05, 0) is 55.9 Å². The average molecular weight is 416 g/mol. The first-order valence-electron chi connectivity index (χ1n) is 11.8. The maximum Gasteiger partial charge on any atom is 0.260 e. The number of hydrogen-bond acceptors (Lipinski definition) is 3.